The van der Waals surface area contributed by atoms with Crippen LogP contribution in [0.15, 0.2) is 30.3 Å². The third-order valence-electron chi connectivity index (χ3n) is 3.51. The number of aliphatic hydroxyl groups excluding tert-OH is 1. The van der Waals surface area contributed by atoms with Crippen molar-refractivity contribution in [2.45, 2.75) is 38.8 Å². The lowest BCUT2D eigenvalue weighted by atomic mass is 9.91. The van der Waals surface area contributed by atoms with Crippen LogP contribution in [0, 0.1) is 5.92 Å². The molecule has 0 heterocycles. The third kappa shape index (κ3) is 7.17. The molecule has 0 aliphatic heterocycles. The van der Waals surface area contributed by atoms with Crippen molar-refractivity contribution >= 4 is 17.5 Å². The summed E-state index contributed by atoms with van der Waals surface area (Å²) in [5.74, 6) is -1.88. The molecule has 0 unspecified atom stereocenters. The Morgan fingerprint density at radius 2 is 1.83 bits per heavy atom. The van der Waals surface area contributed by atoms with Gasteiger partial charge in [0.1, 0.15) is 19.0 Å². The zero-order valence-corrected chi connectivity index (χ0v) is 13.2. The van der Waals surface area contributed by atoms with Crippen LogP contribution < -0.4 is 5.73 Å². The highest BCUT2D eigenvalue weighted by atomic mass is 16.5. The monoisotopic (exact) mass is 321 g/mol. The van der Waals surface area contributed by atoms with E-state index in [1.165, 1.54) is 6.92 Å². The molecule has 0 aliphatic carbocycles. The standard InChI is InChI=1S/C17H23NO5/c1-12(18)15(20)9-14(16(21)10-19)7-8-17(22)23-11-13-5-3-2-4-6-13/h2-6,12,14,19H,7-11,18H2,1H3/t12-,14+/m0/s1. The number of rotatable bonds is 10. The number of benzene rings is 1. The lowest BCUT2D eigenvalue weighted by molar-refractivity contribution is -0.145. The van der Waals surface area contributed by atoms with Gasteiger partial charge in [-0.1, -0.05) is 30.3 Å². The Bertz CT molecular complexity index is 527. The molecule has 23 heavy (non-hydrogen) atoms. The predicted octanol–water partition coefficient (Wildman–Crippen LogP) is 0.994. The van der Waals surface area contributed by atoms with E-state index < -0.39 is 30.3 Å². The highest BCUT2D eigenvalue weighted by molar-refractivity contribution is 5.90. The second kappa shape index (κ2) is 9.86. The van der Waals surface area contributed by atoms with E-state index in [9.17, 15) is 14.4 Å². The molecule has 1 aromatic carbocycles. The SMILES string of the molecule is C[C@H](N)C(=O)C[C@@H](CCC(=O)OCc1ccccc1)C(=O)CO. The van der Waals surface area contributed by atoms with E-state index in [0.717, 1.165) is 5.56 Å². The van der Waals surface area contributed by atoms with Gasteiger partial charge in [-0.05, 0) is 18.9 Å². The number of ether oxygens (including phenoxy) is 1. The first kappa shape index (κ1) is 19.0. The highest BCUT2D eigenvalue weighted by Crippen LogP contribution is 2.15. The van der Waals surface area contributed by atoms with Crippen molar-refractivity contribution in [1.82, 2.24) is 0 Å². The van der Waals surface area contributed by atoms with Gasteiger partial charge in [-0.25, -0.2) is 0 Å². The number of ketones is 2. The van der Waals surface area contributed by atoms with Gasteiger partial charge >= 0.3 is 5.97 Å². The summed E-state index contributed by atoms with van der Waals surface area (Å²) in [5.41, 5.74) is 6.35. The Morgan fingerprint density at radius 1 is 1.17 bits per heavy atom. The molecule has 0 saturated heterocycles. The molecule has 0 bridgehead atoms. The molecule has 0 saturated carbocycles. The van der Waals surface area contributed by atoms with Gasteiger partial charge in [-0.15, -0.1) is 0 Å². The minimum absolute atomic E-state index is 0.00940. The Hall–Kier alpha value is -2.05. The van der Waals surface area contributed by atoms with Gasteiger partial charge in [-0.3, -0.25) is 14.4 Å². The summed E-state index contributed by atoms with van der Waals surface area (Å²) < 4.78 is 5.12. The summed E-state index contributed by atoms with van der Waals surface area (Å²) in [6, 6.07) is 8.57. The number of nitrogens with two attached hydrogens (primary N) is 1. The summed E-state index contributed by atoms with van der Waals surface area (Å²) >= 11 is 0. The first-order chi connectivity index (χ1) is 10.9. The Labute approximate surface area is 135 Å². The zero-order valence-electron chi connectivity index (χ0n) is 13.2. The number of esters is 1. The number of aliphatic hydroxyl groups is 1. The first-order valence-corrected chi connectivity index (χ1v) is 7.55. The fraction of sp³-hybridized carbons (Fsp3) is 0.471. The van der Waals surface area contributed by atoms with Gasteiger partial charge in [-0.2, -0.15) is 0 Å². The molecule has 6 nitrogen and oxygen atoms in total. The Kier molecular flexibility index (Phi) is 8.15. The minimum Gasteiger partial charge on any atom is -0.461 e. The maximum atomic E-state index is 11.7. The van der Waals surface area contributed by atoms with Crippen molar-refractivity contribution in [3.8, 4) is 0 Å². The highest BCUT2D eigenvalue weighted by Gasteiger charge is 2.23. The fourth-order valence-electron chi connectivity index (χ4n) is 2.04. The number of Topliss-reactive ketones (excluding diaryl/α,β-unsaturated/α-hetero) is 2. The molecule has 0 spiro atoms. The Morgan fingerprint density at radius 3 is 2.39 bits per heavy atom. The van der Waals surface area contributed by atoms with Crippen LogP contribution >= 0.6 is 0 Å². The average molecular weight is 321 g/mol. The second-order valence-corrected chi connectivity index (χ2v) is 5.47. The lowest BCUT2D eigenvalue weighted by Crippen LogP contribution is -2.31. The number of carbonyl (C=O) groups is 3. The molecule has 0 fully saturated rings. The van der Waals surface area contributed by atoms with Gasteiger partial charge < -0.3 is 15.6 Å². The van der Waals surface area contributed by atoms with Crippen molar-refractivity contribution in [3.63, 3.8) is 0 Å². The van der Waals surface area contributed by atoms with E-state index >= 15 is 0 Å². The van der Waals surface area contributed by atoms with Crippen LogP contribution in [0.2, 0.25) is 0 Å². The number of hydrogen-bond donors (Lipinski definition) is 2. The number of hydrogen-bond acceptors (Lipinski definition) is 6. The largest absolute Gasteiger partial charge is 0.461 e. The topological polar surface area (TPSA) is 107 Å². The molecular weight excluding hydrogens is 298 g/mol. The van der Waals surface area contributed by atoms with E-state index in [-0.39, 0.29) is 31.7 Å². The van der Waals surface area contributed by atoms with Crippen molar-refractivity contribution in [2.75, 3.05) is 6.61 Å². The molecule has 126 valence electrons. The molecule has 3 N–H and O–H groups in total. The van der Waals surface area contributed by atoms with Crippen LogP contribution in [0.25, 0.3) is 0 Å². The fourth-order valence-corrected chi connectivity index (χ4v) is 2.04. The van der Waals surface area contributed by atoms with Gasteiger partial charge in [0.05, 0.1) is 6.04 Å². The lowest BCUT2D eigenvalue weighted by Gasteiger charge is -2.15. The van der Waals surface area contributed by atoms with Gasteiger partial charge in [0.15, 0.2) is 5.78 Å². The molecule has 0 radical (unpaired) electrons. The van der Waals surface area contributed by atoms with Crippen LogP contribution in [-0.2, 0) is 25.7 Å². The summed E-state index contributed by atoms with van der Waals surface area (Å²) in [6.07, 6.45) is 0.101. The molecule has 0 aromatic heterocycles. The molecule has 1 rings (SSSR count). The van der Waals surface area contributed by atoms with Gasteiger partial charge in [0.2, 0.25) is 0 Å². The van der Waals surface area contributed by atoms with Crippen LogP contribution in [0.4, 0.5) is 0 Å². The van der Waals surface area contributed by atoms with Crippen LogP contribution in [0.5, 0.6) is 0 Å². The zero-order chi connectivity index (χ0) is 17.2. The summed E-state index contributed by atoms with van der Waals surface area (Å²) in [4.78, 5) is 35.1. The first-order valence-electron chi connectivity index (χ1n) is 7.55. The maximum Gasteiger partial charge on any atom is 0.306 e. The summed E-state index contributed by atoms with van der Waals surface area (Å²) in [7, 11) is 0. The van der Waals surface area contributed by atoms with Crippen molar-refractivity contribution in [1.29, 1.82) is 0 Å². The number of carbonyl (C=O) groups excluding carboxylic acids is 3. The Balaban J connectivity index is 2.45. The normalized spacial score (nSPS) is 13.2. The molecule has 0 aliphatic rings. The van der Waals surface area contributed by atoms with Crippen molar-refractivity contribution < 1.29 is 24.2 Å². The summed E-state index contributed by atoms with van der Waals surface area (Å²) in [6.45, 7) is 1.05. The van der Waals surface area contributed by atoms with E-state index in [2.05, 4.69) is 0 Å². The summed E-state index contributed by atoms with van der Waals surface area (Å²) in [5, 5.41) is 8.97. The van der Waals surface area contributed by atoms with Crippen molar-refractivity contribution in [3.05, 3.63) is 35.9 Å². The van der Waals surface area contributed by atoms with Crippen LogP contribution in [0.1, 0.15) is 31.7 Å². The third-order valence-corrected chi connectivity index (χ3v) is 3.51. The molecule has 0 amide bonds. The van der Waals surface area contributed by atoms with E-state index in [4.69, 9.17) is 15.6 Å². The van der Waals surface area contributed by atoms with E-state index in [1.807, 2.05) is 30.3 Å². The van der Waals surface area contributed by atoms with Crippen LogP contribution in [0.3, 0.4) is 0 Å². The molecule has 1 aromatic rings. The van der Waals surface area contributed by atoms with Crippen LogP contribution in [-0.4, -0.2) is 35.3 Å². The minimum atomic E-state index is -0.706. The quantitative estimate of drug-likeness (QED) is 0.623. The predicted molar refractivity (Wildman–Crippen MR) is 84.3 cm³/mol. The second-order valence-electron chi connectivity index (χ2n) is 5.47. The molecular formula is C17H23NO5. The average Bonchev–Trinajstić information content (AvgIpc) is 2.56. The smallest absolute Gasteiger partial charge is 0.306 e. The van der Waals surface area contributed by atoms with E-state index in [1.54, 1.807) is 0 Å². The molecule has 2 atom stereocenters. The van der Waals surface area contributed by atoms with Gasteiger partial charge in [0.25, 0.3) is 0 Å². The van der Waals surface area contributed by atoms with E-state index in [0.29, 0.717) is 0 Å². The maximum absolute atomic E-state index is 11.7. The van der Waals surface area contributed by atoms with Gasteiger partial charge in [0, 0.05) is 18.8 Å². The van der Waals surface area contributed by atoms with Crippen molar-refractivity contribution in [2.24, 2.45) is 11.7 Å². The molecule has 6 heteroatoms.